The SMILES string of the molecule is Cc1nc(-c2ccc(CN3C(=O)[C@@H](N)CS(=O)(=O)c4ccc(C(=O)CC5CC5(F)F)cc43)cc2)no1.Cl. The molecule has 1 saturated carbocycles. The summed E-state index contributed by atoms with van der Waals surface area (Å²) in [6, 6.07) is 9.41. The maximum absolute atomic E-state index is 13.3. The molecule has 1 unspecified atom stereocenters. The first-order valence-electron chi connectivity index (χ1n) is 11.2. The lowest BCUT2D eigenvalue weighted by molar-refractivity contribution is -0.119. The van der Waals surface area contributed by atoms with Gasteiger partial charge >= 0.3 is 0 Å². The first-order valence-corrected chi connectivity index (χ1v) is 12.8. The molecule has 0 saturated heterocycles. The molecule has 0 bridgehead atoms. The summed E-state index contributed by atoms with van der Waals surface area (Å²) in [5.41, 5.74) is 7.33. The van der Waals surface area contributed by atoms with E-state index in [2.05, 4.69) is 10.1 Å². The van der Waals surface area contributed by atoms with Crippen molar-refractivity contribution in [3.8, 4) is 11.4 Å². The van der Waals surface area contributed by atoms with Crippen molar-refractivity contribution in [2.24, 2.45) is 11.7 Å². The average molecular weight is 553 g/mol. The fourth-order valence-corrected chi connectivity index (χ4v) is 5.79. The summed E-state index contributed by atoms with van der Waals surface area (Å²) in [6.45, 7) is 1.64. The molecule has 5 rings (SSSR count). The molecule has 1 fully saturated rings. The Morgan fingerprint density at radius 2 is 1.89 bits per heavy atom. The molecule has 2 aromatic carbocycles. The van der Waals surface area contributed by atoms with Crippen LogP contribution >= 0.6 is 12.4 Å². The summed E-state index contributed by atoms with van der Waals surface area (Å²) in [5.74, 6) is -4.84. The minimum atomic E-state index is -3.94. The monoisotopic (exact) mass is 552 g/mol. The zero-order chi connectivity index (χ0) is 25.8. The number of sulfone groups is 1. The van der Waals surface area contributed by atoms with Crippen LogP contribution in [0.4, 0.5) is 14.5 Å². The smallest absolute Gasteiger partial charge is 0.252 e. The van der Waals surface area contributed by atoms with Crippen molar-refractivity contribution in [1.29, 1.82) is 0 Å². The van der Waals surface area contributed by atoms with Crippen molar-refractivity contribution in [3.63, 3.8) is 0 Å². The summed E-state index contributed by atoms with van der Waals surface area (Å²) in [7, 11) is -3.94. The number of carbonyl (C=O) groups is 2. The van der Waals surface area contributed by atoms with Gasteiger partial charge in [0.2, 0.25) is 17.6 Å². The van der Waals surface area contributed by atoms with Gasteiger partial charge in [-0.1, -0.05) is 29.4 Å². The van der Waals surface area contributed by atoms with Crippen LogP contribution in [-0.2, 0) is 21.2 Å². The van der Waals surface area contributed by atoms with E-state index in [1.807, 2.05) is 0 Å². The van der Waals surface area contributed by atoms with E-state index in [0.29, 0.717) is 22.8 Å². The lowest BCUT2D eigenvalue weighted by Gasteiger charge is -2.24. The van der Waals surface area contributed by atoms with Gasteiger partial charge in [-0.3, -0.25) is 9.59 Å². The molecule has 2 heterocycles. The van der Waals surface area contributed by atoms with Crippen molar-refractivity contribution < 1.29 is 31.3 Å². The molecule has 37 heavy (non-hydrogen) atoms. The van der Waals surface area contributed by atoms with Gasteiger partial charge in [-0.15, -0.1) is 12.4 Å². The van der Waals surface area contributed by atoms with Gasteiger partial charge < -0.3 is 15.2 Å². The predicted octanol–water partition coefficient (Wildman–Crippen LogP) is 3.34. The Morgan fingerprint density at radius 3 is 2.49 bits per heavy atom. The second-order valence-corrected chi connectivity index (χ2v) is 11.1. The molecule has 2 N–H and O–H groups in total. The molecule has 0 radical (unpaired) electrons. The lowest BCUT2D eigenvalue weighted by atomic mass is 10.0. The minimum Gasteiger partial charge on any atom is -0.339 e. The Labute approximate surface area is 217 Å². The van der Waals surface area contributed by atoms with Crippen LogP contribution in [-0.4, -0.2) is 48.0 Å². The second kappa shape index (κ2) is 9.58. The summed E-state index contributed by atoms with van der Waals surface area (Å²) in [6.07, 6.45) is -0.708. The van der Waals surface area contributed by atoms with Crippen LogP contribution in [0, 0.1) is 12.8 Å². The number of Topliss-reactive ketones (excluding diaryl/α,β-unsaturated/α-hetero) is 1. The summed E-state index contributed by atoms with van der Waals surface area (Å²) < 4.78 is 57.5. The van der Waals surface area contributed by atoms with Gasteiger partial charge in [0.1, 0.15) is 0 Å². The first-order chi connectivity index (χ1) is 16.9. The van der Waals surface area contributed by atoms with E-state index in [4.69, 9.17) is 10.3 Å². The van der Waals surface area contributed by atoms with Crippen molar-refractivity contribution >= 4 is 39.6 Å². The maximum Gasteiger partial charge on any atom is 0.252 e. The molecule has 13 heteroatoms. The number of benzene rings is 2. The Hall–Kier alpha value is -3.22. The number of hydrogen-bond donors (Lipinski definition) is 1. The van der Waals surface area contributed by atoms with E-state index in [1.165, 1.54) is 23.1 Å². The van der Waals surface area contributed by atoms with E-state index in [9.17, 15) is 26.8 Å². The number of halogens is 3. The third-order valence-electron chi connectivity index (χ3n) is 6.36. The van der Waals surface area contributed by atoms with Crippen molar-refractivity contribution in [3.05, 3.63) is 59.5 Å². The Bertz CT molecular complexity index is 1480. The van der Waals surface area contributed by atoms with Crippen LogP contribution in [0.3, 0.4) is 0 Å². The van der Waals surface area contributed by atoms with E-state index < -0.39 is 45.2 Å². The third kappa shape index (κ3) is 5.27. The molecule has 1 amide bonds. The number of hydrogen-bond acceptors (Lipinski definition) is 8. The van der Waals surface area contributed by atoms with Crippen LogP contribution < -0.4 is 10.6 Å². The van der Waals surface area contributed by atoms with Gasteiger partial charge in [-0.2, -0.15) is 4.98 Å². The van der Waals surface area contributed by atoms with Crippen LogP contribution in [0.2, 0.25) is 0 Å². The highest BCUT2D eigenvalue weighted by Crippen LogP contribution is 2.51. The largest absolute Gasteiger partial charge is 0.339 e. The number of nitrogens with zero attached hydrogens (tertiary/aromatic N) is 3. The number of fused-ring (bicyclic) bond motifs is 1. The third-order valence-corrected chi connectivity index (χ3v) is 8.17. The fraction of sp³-hybridized carbons (Fsp3) is 0.333. The molecular weight excluding hydrogens is 530 g/mol. The number of carbonyl (C=O) groups excluding carboxylic acids is 2. The maximum atomic E-state index is 13.3. The zero-order valence-electron chi connectivity index (χ0n) is 19.6. The second-order valence-electron chi connectivity index (χ2n) is 9.12. The van der Waals surface area contributed by atoms with E-state index in [1.54, 1.807) is 31.2 Å². The van der Waals surface area contributed by atoms with Crippen LogP contribution in [0.5, 0.6) is 0 Å². The van der Waals surface area contributed by atoms with Gasteiger partial charge in [0, 0.05) is 36.8 Å². The van der Waals surface area contributed by atoms with Gasteiger partial charge in [0.05, 0.1) is 28.9 Å². The summed E-state index contributed by atoms with van der Waals surface area (Å²) >= 11 is 0. The number of anilines is 1. The van der Waals surface area contributed by atoms with Gasteiger partial charge in [-0.25, -0.2) is 17.2 Å². The fourth-order valence-electron chi connectivity index (χ4n) is 4.24. The molecule has 1 aliphatic heterocycles. The molecule has 0 spiro atoms. The first kappa shape index (κ1) is 26.8. The predicted molar refractivity (Wildman–Crippen MR) is 131 cm³/mol. The number of nitrogens with two attached hydrogens (primary N) is 1. The molecule has 3 aromatic rings. The summed E-state index contributed by atoms with van der Waals surface area (Å²) in [5, 5.41) is 3.86. The Balaban J connectivity index is 0.00000320. The average Bonchev–Trinajstić information content (AvgIpc) is 3.21. The standard InChI is InChI=1S/C24H22F2N4O5S.ClH/c1-13-28-22(29-35-13)15-4-2-14(3-5-15)11-30-19-8-16(20(31)9-17-10-24(17,25)26)6-7-21(19)36(33,34)12-18(27)23(30)32;/h2-8,17-18H,9-12,27H2,1H3;1H/t17?,18-;/m0./s1. The number of rotatable bonds is 6. The Morgan fingerprint density at radius 1 is 1.22 bits per heavy atom. The summed E-state index contributed by atoms with van der Waals surface area (Å²) in [4.78, 5) is 31.1. The molecule has 9 nitrogen and oxygen atoms in total. The molecular formula is C24H23ClF2N4O5S. The van der Waals surface area contributed by atoms with Gasteiger partial charge in [0.15, 0.2) is 15.6 Å². The van der Waals surface area contributed by atoms with Crippen molar-refractivity contribution in [1.82, 2.24) is 10.1 Å². The Kier molecular flexibility index (Phi) is 6.95. The van der Waals surface area contributed by atoms with Crippen LogP contribution in [0.25, 0.3) is 11.4 Å². The zero-order valence-corrected chi connectivity index (χ0v) is 21.2. The molecule has 2 aliphatic rings. The number of aryl methyl sites for hydroxylation is 1. The minimum absolute atomic E-state index is 0. The van der Waals surface area contributed by atoms with Crippen molar-refractivity contribution in [2.75, 3.05) is 10.7 Å². The molecule has 196 valence electrons. The number of aromatic nitrogens is 2. The van der Waals surface area contributed by atoms with Crippen LogP contribution in [0.1, 0.15) is 34.7 Å². The topological polar surface area (TPSA) is 136 Å². The highest BCUT2D eigenvalue weighted by molar-refractivity contribution is 7.91. The molecule has 1 aliphatic carbocycles. The number of ketones is 1. The van der Waals surface area contributed by atoms with E-state index in [-0.39, 0.29) is 47.9 Å². The number of alkyl halides is 2. The van der Waals surface area contributed by atoms with Crippen LogP contribution in [0.15, 0.2) is 51.9 Å². The van der Waals surface area contributed by atoms with E-state index >= 15 is 0 Å². The normalized spacial score (nSPS) is 21.5. The van der Waals surface area contributed by atoms with Gasteiger partial charge in [-0.05, 0) is 23.8 Å². The highest BCUT2D eigenvalue weighted by Gasteiger charge is 2.57. The molecule has 1 aromatic heterocycles. The van der Waals surface area contributed by atoms with Crippen molar-refractivity contribution in [2.45, 2.75) is 43.2 Å². The van der Waals surface area contributed by atoms with Gasteiger partial charge in [0.25, 0.3) is 5.92 Å². The number of amides is 1. The molecule has 2 atom stereocenters. The lowest BCUT2D eigenvalue weighted by Crippen LogP contribution is -2.45. The highest BCUT2D eigenvalue weighted by atomic mass is 35.5. The van der Waals surface area contributed by atoms with E-state index in [0.717, 1.165) is 0 Å². The quantitative estimate of drug-likeness (QED) is 0.460.